The first-order chi connectivity index (χ1) is 8.92. The van der Waals surface area contributed by atoms with Gasteiger partial charge >= 0.3 is 5.97 Å². The summed E-state index contributed by atoms with van der Waals surface area (Å²) >= 11 is 0. The van der Waals surface area contributed by atoms with E-state index in [2.05, 4.69) is 0 Å². The molecule has 0 aromatic heterocycles. The summed E-state index contributed by atoms with van der Waals surface area (Å²) < 4.78 is 26.1. The van der Waals surface area contributed by atoms with E-state index in [1.54, 1.807) is 6.07 Å². The number of nitrogens with zero attached hydrogens (tertiary/aromatic N) is 1. The van der Waals surface area contributed by atoms with Gasteiger partial charge in [0.1, 0.15) is 0 Å². The van der Waals surface area contributed by atoms with Crippen LogP contribution in [0.3, 0.4) is 0 Å². The van der Waals surface area contributed by atoms with Crippen molar-refractivity contribution in [3.63, 3.8) is 0 Å². The van der Waals surface area contributed by atoms with E-state index in [1.165, 1.54) is 4.31 Å². The molecule has 0 saturated heterocycles. The molecular formula is C13H17NO4S. The molecule has 1 aromatic rings. The van der Waals surface area contributed by atoms with Crippen molar-refractivity contribution in [2.24, 2.45) is 0 Å². The van der Waals surface area contributed by atoms with Crippen LogP contribution in [0.1, 0.15) is 25.3 Å². The van der Waals surface area contributed by atoms with Crippen LogP contribution in [-0.4, -0.2) is 31.3 Å². The van der Waals surface area contributed by atoms with Gasteiger partial charge in [0.15, 0.2) is 0 Å². The van der Waals surface area contributed by atoms with Crippen LogP contribution in [-0.2, 0) is 21.2 Å². The Balaban J connectivity index is 2.19. The van der Waals surface area contributed by atoms with Crippen molar-refractivity contribution in [3.8, 4) is 0 Å². The van der Waals surface area contributed by atoms with Gasteiger partial charge in [-0.05, 0) is 31.4 Å². The molecule has 1 aliphatic heterocycles. The number of hydrogen-bond acceptors (Lipinski definition) is 3. The summed E-state index contributed by atoms with van der Waals surface area (Å²) in [4.78, 5) is 10.5. The maximum Gasteiger partial charge on any atom is 0.303 e. The molecule has 0 fully saturated rings. The highest BCUT2D eigenvalue weighted by atomic mass is 32.2. The highest BCUT2D eigenvalue weighted by Crippen LogP contribution is 2.34. The Labute approximate surface area is 112 Å². The number of carbonyl (C=O) groups is 1. The Kier molecular flexibility index (Phi) is 3.80. The third-order valence-electron chi connectivity index (χ3n) is 3.24. The fraction of sp³-hybridized carbons (Fsp3) is 0.462. The number of anilines is 1. The SMILES string of the molecule is CC1Cc2ccccc2N1S(=O)(=O)CCCC(=O)O. The lowest BCUT2D eigenvalue weighted by atomic mass is 10.1. The first-order valence-corrected chi connectivity index (χ1v) is 7.84. The van der Waals surface area contributed by atoms with Gasteiger partial charge in [-0.3, -0.25) is 9.10 Å². The molecule has 5 nitrogen and oxygen atoms in total. The Morgan fingerprint density at radius 1 is 1.42 bits per heavy atom. The Hall–Kier alpha value is -1.56. The highest BCUT2D eigenvalue weighted by Gasteiger charge is 2.34. The summed E-state index contributed by atoms with van der Waals surface area (Å²) in [5.74, 6) is -1.09. The van der Waals surface area contributed by atoms with E-state index in [-0.39, 0.29) is 24.6 Å². The predicted molar refractivity (Wildman–Crippen MR) is 72.7 cm³/mol. The van der Waals surface area contributed by atoms with E-state index >= 15 is 0 Å². The van der Waals surface area contributed by atoms with Gasteiger partial charge < -0.3 is 5.11 Å². The van der Waals surface area contributed by atoms with Gasteiger partial charge in [0.25, 0.3) is 0 Å². The van der Waals surface area contributed by atoms with Crippen molar-refractivity contribution >= 4 is 21.7 Å². The minimum atomic E-state index is -3.45. The van der Waals surface area contributed by atoms with Crippen molar-refractivity contribution in [1.82, 2.24) is 0 Å². The molecular weight excluding hydrogens is 266 g/mol. The molecule has 0 bridgehead atoms. The molecule has 104 valence electrons. The van der Waals surface area contributed by atoms with Crippen LogP contribution in [0.4, 0.5) is 5.69 Å². The maximum atomic E-state index is 12.3. The molecule has 1 N–H and O–H groups in total. The Morgan fingerprint density at radius 2 is 2.11 bits per heavy atom. The average Bonchev–Trinajstić information content (AvgIpc) is 2.64. The van der Waals surface area contributed by atoms with Crippen LogP contribution >= 0.6 is 0 Å². The van der Waals surface area contributed by atoms with Crippen molar-refractivity contribution in [3.05, 3.63) is 29.8 Å². The largest absolute Gasteiger partial charge is 0.481 e. The zero-order chi connectivity index (χ0) is 14.0. The average molecular weight is 283 g/mol. The smallest absolute Gasteiger partial charge is 0.303 e. The number of benzene rings is 1. The molecule has 1 aromatic carbocycles. The summed E-state index contributed by atoms with van der Waals surface area (Å²) in [6.45, 7) is 1.87. The van der Waals surface area contributed by atoms with E-state index in [4.69, 9.17) is 5.11 Å². The van der Waals surface area contributed by atoms with Gasteiger partial charge in [-0.15, -0.1) is 0 Å². The van der Waals surface area contributed by atoms with Gasteiger partial charge in [0.2, 0.25) is 10.0 Å². The molecule has 1 unspecified atom stereocenters. The molecule has 1 atom stereocenters. The Bertz CT molecular complexity index is 582. The van der Waals surface area contributed by atoms with Crippen LogP contribution in [0, 0.1) is 0 Å². The second-order valence-electron chi connectivity index (χ2n) is 4.79. The molecule has 6 heteroatoms. The molecule has 2 rings (SSSR count). The number of rotatable bonds is 5. The third kappa shape index (κ3) is 2.89. The van der Waals surface area contributed by atoms with E-state index in [0.29, 0.717) is 6.42 Å². The predicted octanol–water partition coefficient (Wildman–Crippen LogP) is 1.63. The number of sulfonamides is 1. The fourth-order valence-corrected chi connectivity index (χ4v) is 4.27. The number of aliphatic carboxylic acids is 1. The third-order valence-corrected chi connectivity index (χ3v) is 5.20. The van der Waals surface area contributed by atoms with Gasteiger partial charge in [0.05, 0.1) is 11.4 Å². The first-order valence-electron chi connectivity index (χ1n) is 6.23. The van der Waals surface area contributed by atoms with E-state index in [0.717, 1.165) is 11.3 Å². The molecule has 0 spiro atoms. The van der Waals surface area contributed by atoms with Crippen LogP contribution < -0.4 is 4.31 Å². The van der Waals surface area contributed by atoms with Crippen LogP contribution in [0.15, 0.2) is 24.3 Å². The zero-order valence-electron chi connectivity index (χ0n) is 10.7. The van der Waals surface area contributed by atoms with Crippen molar-refractivity contribution in [1.29, 1.82) is 0 Å². The van der Waals surface area contributed by atoms with Gasteiger partial charge in [0, 0.05) is 12.5 Å². The van der Waals surface area contributed by atoms with Crippen LogP contribution in [0.2, 0.25) is 0 Å². The summed E-state index contributed by atoms with van der Waals surface area (Å²) in [6.07, 6.45) is 0.723. The minimum absolute atomic E-state index is 0.104. The molecule has 1 aliphatic rings. The normalized spacial score (nSPS) is 18.4. The highest BCUT2D eigenvalue weighted by molar-refractivity contribution is 7.92. The molecule has 0 radical (unpaired) electrons. The number of carboxylic acid groups (broad SMARTS) is 1. The number of carboxylic acids is 1. The van der Waals surface area contributed by atoms with E-state index in [9.17, 15) is 13.2 Å². The number of fused-ring (bicyclic) bond motifs is 1. The van der Waals surface area contributed by atoms with Gasteiger partial charge in [-0.2, -0.15) is 0 Å². The molecule has 0 aliphatic carbocycles. The van der Waals surface area contributed by atoms with Gasteiger partial charge in [-0.1, -0.05) is 18.2 Å². The van der Waals surface area contributed by atoms with E-state index in [1.807, 2.05) is 25.1 Å². The minimum Gasteiger partial charge on any atom is -0.481 e. The lowest BCUT2D eigenvalue weighted by Crippen LogP contribution is -2.37. The summed E-state index contributed by atoms with van der Waals surface area (Å²) in [5.41, 5.74) is 1.75. The van der Waals surface area contributed by atoms with Crippen LogP contribution in [0.25, 0.3) is 0 Å². The summed E-state index contributed by atoms with van der Waals surface area (Å²) in [7, 11) is -3.45. The quantitative estimate of drug-likeness (QED) is 0.891. The summed E-state index contributed by atoms with van der Waals surface area (Å²) in [6, 6.07) is 7.33. The standard InChI is InChI=1S/C13H17NO4S/c1-10-9-11-5-2-3-6-12(11)14(10)19(17,18)8-4-7-13(15)16/h2-3,5-6,10H,4,7-9H2,1H3,(H,15,16). The van der Waals surface area contributed by atoms with Crippen molar-refractivity contribution < 1.29 is 18.3 Å². The Morgan fingerprint density at radius 3 is 2.79 bits per heavy atom. The maximum absolute atomic E-state index is 12.3. The fourth-order valence-electron chi connectivity index (χ4n) is 2.47. The summed E-state index contributed by atoms with van der Waals surface area (Å²) in [5, 5.41) is 8.58. The lowest BCUT2D eigenvalue weighted by Gasteiger charge is -2.24. The first kappa shape index (κ1) is 13.9. The van der Waals surface area contributed by atoms with Crippen molar-refractivity contribution in [2.75, 3.05) is 10.1 Å². The van der Waals surface area contributed by atoms with Gasteiger partial charge in [-0.25, -0.2) is 8.42 Å². The number of para-hydroxylation sites is 1. The molecule has 0 saturated carbocycles. The zero-order valence-corrected chi connectivity index (χ0v) is 11.6. The number of hydrogen-bond donors (Lipinski definition) is 1. The molecule has 0 amide bonds. The second-order valence-corrected chi connectivity index (χ2v) is 6.76. The van der Waals surface area contributed by atoms with E-state index < -0.39 is 16.0 Å². The van der Waals surface area contributed by atoms with Crippen molar-refractivity contribution in [2.45, 2.75) is 32.2 Å². The molecule has 1 heterocycles. The lowest BCUT2D eigenvalue weighted by molar-refractivity contribution is -0.137. The molecule has 19 heavy (non-hydrogen) atoms. The topological polar surface area (TPSA) is 74.7 Å². The van der Waals surface area contributed by atoms with Crippen LogP contribution in [0.5, 0.6) is 0 Å². The monoisotopic (exact) mass is 283 g/mol. The second kappa shape index (κ2) is 5.21.